The third-order valence-electron chi connectivity index (χ3n) is 6.78. The molecule has 3 aromatic rings. The van der Waals surface area contributed by atoms with Crippen molar-refractivity contribution in [2.45, 2.75) is 48.0 Å². The number of likely N-dealkylation sites (tertiary alicyclic amines) is 1. The molecule has 0 bridgehead atoms. The summed E-state index contributed by atoms with van der Waals surface area (Å²) in [6, 6.07) is 17.5. The van der Waals surface area contributed by atoms with Gasteiger partial charge in [0, 0.05) is 6.54 Å². The van der Waals surface area contributed by atoms with E-state index in [1.54, 1.807) is 48.5 Å². The van der Waals surface area contributed by atoms with Crippen LogP contribution in [0.3, 0.4) is 0 Å². The number of aliphatic carboxylic acids is 1. The second-order valence-corrected chi connectivity index (χ2v) is 11.5. The number of rotatable bonds is 8. The van der Waals surface area contributed by atoms with Crippen molar-refractivity contribution in [3.05, 3.63) is 77.9 Å². The fourth-order valence-electron chi connectivity index (χ4n) is 4.71. The minimum atomic E-state index is -4.52. The summed E-state index contributed by atoms with van der Waals surface area (Å²) in [5.41, 5.74) is 7.05. The highest BCUT2D eigenvalue weighted by Crippen LogP contribution is 2.25. The Labute approximate surface area is 225 Å². The Morgan fingerprint density at radius 2 is 1.79 bits per heavy atom. The molecule has 1 aliphatic rings. The van der Waals surface area contributed by atoms with Crippen molar-refractivity contribution in [2.24, 2.45) is 5.73 Å². The van der Waals surface area contributed by atoms with Crippen molar-refractivity contribution >= 4 is 38.4 Å². The number of carboxylic acids is 1. The van der Waals surface area contributed by atoms with Gasteiger partial charge in [-0.25, -0.2) is 13.2 Å². The lowest BCUT2D eigenvalue weighted by Crippen LogP contribution is -2.59. The van der Waals surface area contributed by atoms with E-state index in [1.165, 1.54) is 12.1 Å². The first-order valence-corrected chi connectivity index (χ1v) is 14.0. The lowest BCUT2D eigenvalue weighted by atomic mass is 10.0. The van der Waals surface area contributed by atoms with Crippen molar-refractivity contribution in [3.63, 3.8) is 0 Å². The minimum Gasteiger partial charge on any atom is -0.480 e. The van der Waals surface area contributed by atoms with E-state index in [4.69, 9.17) is 11.0 Å². The van der Waals surface area contributed by atoms with Gasteiger partial charge < -0.3 is 21.1 Å². The molecule has 1 fully saturated rings. The van der Waals surface area contributed by atoms with Crippen molar-refractivity contribution in [1.82, 2.24) is 10.2 Å². The number of carbonyl (C=O) groups excluding carboxylic acids is 2. The number of hydrogen-bond donors (Lipinski definition) is 3. The van der Waals surface area contributed by atoms with Crippen LogP contribution in [0, 0.1) is 11.3 Å². The highest BCUT2D eigenvalue weighted by molar-refractivity contribution is 7.92. The number of hydrogen-bond acceptors (Lipinski definition) is 7. The largest absolute Gasteiger partial charge is 0.480 e. The van der Waals surface area contributed by atoms with Gasteiger partial charge in [0.05, 0.1) is 22.6 Å². The van der Waals surface area contributed by atoms with Gasteiger partial charge in [-0.2, -0.15) is 5.26 Å². The van der Waals surface area contributed by atoms with E-state index in [-0.39, 0.29) is 24.3 Å². The van der Waals surface area contributed by atoms with Crippen molar-refractivity contribution in [1.29, 1.82) is 5.26 Å². The molecule has 0 spiro atoms. The highest BCUT2D eigenvalue weighted by Gasteiger charge is 2.43. The van der Waals surface area contributed by atoms with Crippen LogP contribution in [0.25, 0.3) is 10.8 Å². The molecular formula is C28H28N4O6S. The average Bonchev–Trinajstić information content (AvgIpc) is 2.95. The third kappa shape index (κ3) is 6.08. The molecule has 4 rings (SSSR count). The molecule has 39 heavy (non-hydrogen) atoms. The molecule has 3 aromatic carbocycles. The molecule has 0 saturated carbocycles. The second kappa shape index (κ2) is 11.6. The molecule has 2 amide bonds. The van der Waals surface area contributed by atoms with E-state index in [0.717, 1.165) is 10.3 Å². The Balaban J connectivity index is 1.68. The first-order valence-electron chi connectivity index (χ1n) is 12.4. The molecule has 202 valence electrons. The van der Waals surface area contributed by atoms with E-state index in [0.29, 0.717) is 29.4 Å². The summed E-state index contributed by atoms with van der Waals surface area (Å²) in [6.45, 7) is 0.0441. The number of carboxylic acid groups (broad SMARTS) is 1. The Morgan fingerprint density at radius 3 is 2.51 bits per heavy atom. The van der Waals surface area contributed by atoms with E-state index in [1.807, 2.05) is 12.1 Å². The highest BCUT2D eigenvalue weighted by atomic mass is 32.2. The molecule has 1 aliphatic heterocycles. The number of nitrogens with zero attached hydrogens (tertiary/aromatic N) is 2. The summed E-state index contributed by atoms with van der Waals surface area (Å²) in [6.07, 6.45) is 1.23. The van der Waals surface area contributed by atoms with Crippen LogP contribution in [0.4, 0.5) is 0 Å². The number of piperidine rings is 1. The summed E-state index contributed by atoms with van der Waals surface area (Å²) in [5.74, 6) is -3.17. The van der Waals surface area contributed by atoms with Gasteiger partial charge in [-0.3, -0.25) is 9.59 Å². The van der Waals surface area contributed by atoms with Gasteiger partial charge in [0.25, 0.3) is 5.91 Å². The molecule has 11 heteroatoms. The molecule has 2 unspecified atom stereocenters. The van der Waals surface area contributed by atoms with Gasteiger partial charge in [0.2, 0.25) is 21.1 Å². The van der Waals surface area contributed by atoms with E-state index in [9.17, 15) is 27.9 Å². The van der Waals surface area contributed by atoms with Crippen LogP contribution in [0.1, 0.15) is 30.4 Å². The molecule has 10 nitrogen and oxygen atoms in total. The maximum absolute atomic E-state index is 13.9. The number of sulfone groups is 1. The SMILES string of the molecule is N#Cc1cccc(C[C@H](N)C(=O)NC(C(=O)N2CCCCC2C(=O)O)S(=O)(=O)c2ccc3ccccc3c2)c1. The predicted molar refractivity (Wildman–Crippen MR) is 143 cm³/mol. The Kier molecular flexibility index (Phi) is 8.28. The summed E-state index contributed by atoms with van der Waals surface area (Å²) in [5, 5.41) is 20.4. The van der Waals surface area contributed by atoms with Crippen LogP contribution in [-0.4, -0.2) is 60.2 Å². The number of nitrogens with one attached hydrogen (secondary N) is 1. The zero-order chi connectivity index (χ0) is 28.2. The van der Waals surface area contributed by atoms with Crippen molar-refractivity contribution in [2.75, 3.05) is 6.54 Å². The van der Waals surface area contributed by atoms with Crippen molar-refractivity contribution < 1.29 is 27.9 Å². The lowest BCUT2D eigenvalue weighted by molar-refractivity contribution is -0.152. The van der Waals surface area contributed by atoms with Crippen LogP contribution in [0.15, 0.2) is 71.6 Å². The smallest absolute Gasteiger partial charge is 0.326 e. The molecule has 3 atom stereocenters. The molecular weight excluding hydrogens is 520 g/mol. The Bertz CT molecular complexity index is 1570. The summed E-state index contributed by atoms with van der Waals surface area (Å²) in [7, 11) is -4.52. The average molecular weight is 549 g/mol. The van der Waals surface area contributed by atoms with Gasteiger partial charge in [0.15, 0.2) is 0 Å². The van der Waals surface area contributed by atoms with E-state index >= 15 is 0 Å². The van der Waals surface area contributed by atoms with Crippen LogP contribution >= 0.6 is 0 Å². The van der Waals surface area contributed by atoms with E-state index < -0.39 is 45.1 Å². The number of nitrogens with two attached hydrogens (primary N) is 1. The molecule has 1 saturated heterocycles. The number of nitriles is 1. The van der Waals surface area contributed by atoms with Crippen molar-refractivity contribution in [3.8, 4) is 6.07 Å². The first kappa shape index (κ1) is 27.8. The predicted octanol–water partition coefficient (Wildman–Crippen LogP) is 1.96. The summed E-state index contributed by atoms with van der Waals surface area (Å²) >= 11 is 0. The van der Waals surface area contributed by atoms with Gasteiger partial charge >= 0.3 is 5.97 Å². The van der Waals surface area contributed by atoms with Gasteiger partial charge in [0.1, 0.15) is 6.04 Å². The fourth-order valence-corrected chi connectivity index (χ4v) is 6.20. The topological polar surface area (TPSA) is 171 Å². The maximum Gasteiger partial charge on any atom is 0.326 e. The van der Waals surface area contributed by atoms with Gasteiger partial charge in [-0.05, 0) is 66.3 Å². The third-order valence-corrected chi connectivity index (χ3v) is 8.63. The molecule has 0 aromatic heterocycles. The zero-order valence-electron chi connectivity index (χ0n) is 21.0. The molecule has 0 aliphatic carbocycles. The fraction of sp³-hybridized carbons (Fsp3) is 0.286. The quantitative estimate of drug-likeness (QED) is 0.383. The molecule has 4 N–H and O–H groups in total. The van der Waals surface area contributed by atoms with Gasteiger partial charge in [-0.1, -0.05) is 42.5 Å². The maximum atomic E-state index is 13.9. The van der Waals surface area contributed by atoms with Crippen LogP contribution in [0.2, 0.25) is 0 Å². The van der Waals surface area contributed by atoms with Crippen LogP contribution in [-0.2, 0) is 30.6 Å². The van der Waals surface area contributed by atoms with Crippen LogP contribution < -0.4 is 11.1 Å². The normalized spacial score (nSPS) is 17.1. The van der Waals surface area contributed by atoms with E-state index in [2.05, 4.69) is 5.32 Å². The number of amides is 2. The summed E-state index contributed by atoms with van der Waals surface area (Å²) in [4.78, 5) is 39.5. The zero-order valence-corrected chi connectivity index (χ0v) is 21.8. The Hall–Kier alpha value is -4.27. The van der Waals surface area contributed by atoms with Gasteiger partial charge in [-0.15, -0.1) is 0 Å². The monoisotopic (exact) mass is 548 g/mol. The minimum absolute atomic E-state index is 0.0141. The summed E-state index contributed by atoms with van der Waals surface area (Å²) < 4.78 is 27.7. The molecule has 1 heterocycles. The number of carbonyl (C=O) groups is 3. The first-order chi connectivity index (χ1) is 18.6. The molecule has 0 radical (unpaired) electrons. The standard InChI is InChI=1S/C28H28N4O6S/c29-17-19-7-5-6-18(14-19)15-23(30)25(33)31-26(27(34)32-13-4-3-10-24(32)28(35)36)39(37,38)22-12-11-20-8-1-2-9-21(20)16-22/h1-2,5-9,11-12,14,16,23-24,26H,3-4,10,13,15,30H2,(H,31,33)(H,35,36)/t23-,24?,26?/m0/s1. The number of benzene rings is 3. The lowest BCUT2D eigenvalue weighted by Gasteiger charge is -2.35. The number of fused-ring (bicyclic) bond motifs is 1. The second-order valence-electron chi connectivity index (χ2n) is 9.45. The Morgan fingerprint density at radius 1 is 1.05 bits per heavy atom. The van der Waals surface area contributed by atoms with Crippen LogP contribution in [0.5, 0.6) is 0 Å².